The Morgan fingerprint density at radius 2 is 2.04 bits per heavy atom. The molecule has 2 saturated heterocycles. The molecule has 24 heavy (non-hydrogen) atoms. The normalized spacial score (nSPS) is 22.7. The van der Waals surface area contributed by atoms with Crippen LogP contribution in [-0.2, 0) is 4.74 Å². The molecule has 7 nitrogen and oxygen atoms in total. The number of aromatic nitrogens is 2. The summed E-state index contributed by atoms with van der Waals surface area (Å²) >= 11 is 0. The zero-order chi connectivity index (χ0) is 16.4. The van der Waals surface area contributed by atoms with Crippen LogP contribution in [0.2, 0.25) is 0 Å². The molecule has 2 aliphatic rings. The molecule has 7 heteroatoms. The van der Waals surface area contributed by atoms with Gasteiger partial charge < -0.3 is 19.4 Å². The van der Waals surface area contributed by atoms with Crippen molar-refractivity contribution in [1.82, 2.24) is 14.9 Å². The fourth-order valence-electron chi connectivity index (χ4n) is 3.52. The van der Waals surface area contributed by atoms with Crippen LogP contribution in [0.5, 0.6) is 0 Å². The molecule has 0 bridgehead atoms. The average molecular weight is 328 g/mol. The third-order valence-electron chi connectivity index (χ3n) is 4.80. The van der Waals surface area contributed by atoms with E-state index in [1.54, 1.807) is 30.6 Å². The average Bonchev–Trinajstić information content (AvgIpc) is 3.27. The van der Waals surface area contributed by atoms with Crippen molar-refractivity contribution in [3.05, 3.63) is 42.6 Å². The number of carbonyl (C=O) groups is 1. The Labute approximate surface area is 140 Å². The zero-order valence-electron chi connectivity index (χ0n) is 13.4. The molecule has 0 aliphatic carbocycles. The monoisotopic (exact) mass is 328 g/mol. The van der Waals surface area contributed by atoms with E-state index in [1.165, 1.54) is 6.26 Å². The number of anilines is 1. The van der Waals surface area contributed by atoms with Crippen LogP contribution in [0.15, 0.2) is 41.3 Å². The van der Waals surface area contributed by atoms with Crippen molar-refractivity contribution < 1.29 is 13.9 Å². The van der Waals surface area contributed by atoms with E-state index < -0.39 is 0 Å². The molecule has 4 heterocycles. The van der Waals surface area contributed by atoms with E-state index in [-0.39, 0.29) is 17.6 Å². The second-order valence-electron chi connectivity index (χ2n) is 6.38. The summed E-state index contributed by atoms with van der Waals surface area (Å²) in [4.78, 5) is 22.6. The molecule has 2 aromatic rings. The number of hydrogen-bond acceptors (Lipinski definition) is 6. The smallest absolute Gasteiger partial charge is 0.289 e. The summed E-state index contributed by atoms with van der Waals surface area (Å²) in [5, 5.41) is 3.33. The van der Waals surface area contributed by atoms with Crippen LogP contribution < -0.4 is 5.32 Å². The summed E-state index contributed by atoms with van der Waals surface area (Å²) < 4.78 is 11.3. The largest absolute Gasteiger partial charge is 0.459 e. The lowest BCUT2D eigenvalue weighted by atomic mass is 9.87. The lowest BCUT2D eigenvalue weighted by Gasteiger charge is -2.38. The van der Waals surface area contributed by atoms with Crippen LogP contribution in [0.4, 0.5) is 5.95 Å². The SMILES string of the molecule is O=C(c1ccco1)N1CCC2(CC1)CC(Nc1ncccn1)CO2. The van der Waals surface area contributed by atoms with Gasteiger partial charge in [-0.3, -0.25) is 4.79 Å². The van der Waals surface area contributed by atoms with Gasteiger partial charge >= 0.3 is 0 Å². The van der Waals surface area contributed by atoms with E-state index in [0.29, 0.717) is 31.4 Å². The molecule has 0 radical (unpaired) electrons. The Balaban J connectivity index is 1.33. The predicted octanol–water partition coefficient (Wildman–Crippen LogP) is 1.95. The highest BCUT2D eigenvalue weighted by molar-refractivity contribution is 5.91. The lowest BCUT2D eigenvalue weighted by molar-refractivity contribution is -0.0392. The fraction of sp³-hybridized carbons (Fsp3) is 0.471. The lowest BCUT2D eigenvalue weighted by Crippen LogP contribution is -2.46. The van der Waals surface area contributed by atoms with Gasteiger partial charge in [0.15, 0.2) is 5.76 Å². The van der Waals surface area contributed by atoms with Gasteiger partial charge in [-0.25, -0.2) is 9.97 Å². The molecule has 4 rings (SSSR count). The van der Waals surface area contributed by atoms with Crippen LogP contribution in [0, 0.1) is 0 Å². The maximum absolute atomic E-state index is 12.3. The van der Waals surface area contributed by atoms with Crippen molar-refractivity contribution >= 4 is 11.9 Å². The number of rotatable bonds is 3. The number of carbonyl (C=O) groups excluding carboxylic acids is 1. The Morgan fingerprint density at radius 1 is 1.25 bits per heavy atom. The topological polar surface area (TPSA) is 80.5 Å². The fourth-order valence-corrected chi connectivity index (χ4v) is 3.52. The van der Waals surface area contributed by atoms with E-state index in [0.717, 1.165) is 19.3 Å². The van der Waals surface area contributed by atoms with Crippen molar-refractivity contribution in [2.45, 2.75) is 30.9 Å². The molecular formula is C17H20N4O3. The Bertz CT molecular complexity index is 681. The first-order valence-corrected chi connectivity index (χ1v) is 8.24. The van der Waals surface area contributed by atoms with Gasteiger partial charge in [0.05, 0.1) is 24.5 Å². The Hall–Kier alpha value is -2.41. The molecule has 1 N–H and O–H groups in total. The van der Waals surface area contributed by atoms with E-state index >= 15 is 0 Å². The number of furan rings is 1. The minimum absolute atomic E-state index is 0.0415. The first kappa shape index (κ1) is 15.1. The molecule has 1 atom stereocenters. The number of amides is 1. The molecule has 1 spiro atoms. The summed E-state index contributed by atoms with van der Waals surface area (Å²) in [6.45, 7) is 2.02. The van der Waals surface area contributed by atoms with Gasteiger partial charge in [0.1, 0.15) is 0 Å². The van der Waals surface area contributed by atoms with E-state index in [4.69, 9.17) is 9.15 Å². The maximum atomic E-state index is 12.3. The van der Waals surface area contributed by atoms with Crippen LogP contribution in [-0.4, -0.2) is 52.1 Å². The predicted molar refractivity (Wildman–Crippen MR) is 86.6 cm³/mol. The minimum Gasteiger partial charge on any atom is -0.459 e. The molecule has 0 aromatic carbocycles. The molecule has 2 aliphatic heterocycles. The highest BCUT2D eigenvalue weighted by atomic mass is 16.5. The summed E-state index contributed by atoms with van der Waals surface area (Å²) in [6.07, 6.45) is 7.56. The number of piperidine rings is 1. The van der Waals surface area contributed by atoms with Crippen molar-refractivity contribution in [2.75, 3.05) is 25.0 Å². The molecular weight excluding hydrogens is 308 g/mol. The van der Waals surface area contributed by atoms with Gasteiger partial charge in [-0.1, -0.05) is 0 Å². The molecule has 1 amide bonds. The van der Waals surface area contributed by atoms with Crippen LogP contribution in [0.25, 0.3) is 0 Å². The Kier molecular flexibility index (Phi) is 3.93. The molecule has 2 fully saturated rings. The Morgan fingerprint density at radius 3 is 2.75 bits per heavy atom. The summed E-state index contributed by atoms with van der Waals surface area (Å²) in [5.41, 5.74) is -0.146. The first-order chi connectivity index (χ1) is 11.7. The van der Waals surface area contributed by atoms with Gasteiger partial charge in [0.2, 0.25) is 5.95 Å². The van der Waals surface area contributed by atoms with E-state index in [2.05, 4.69) is 15.3 Å². The van der Waals surface area contributed by atoms with Crippen molar-refractivity contribution in [1.29, 1.82) is 0 Å². The highest BCUT2D eigenvalue weighted by Crippen LogP contribution is 2.37. The van der Waals surface area contributed by atoms with Crippen molar-refractivity contribution in [2.24, 2.45) is 0 Å². The van der Waals surface area contributed by atoms with Crippen LogP contribution in [0.1, 0.15) is 29.8 Å². The van der Waals surface area contributed by atoms with Gasteiger partial charge in [0, 0.05) is 25.5 Å². The third kappa shape index (κ3) is 2.99. The van der Waals surface area contributed by atoms with E-state index in [9.17, 15) is 4.79 Å². The zero-order valence-corrected chi connectivity index (χ0v) is 13.4. The number of likely N-dealkylation sites (tertiary alicyclic amines) is 1. The van der Waals surface area contributed by atoms with Gasteiger partial charge in [-0.05, 0) is 37.5 Å². The maximum Gasteiger partial charge on any atom is 0.289 e. The van der Waals surface area contributed by atoms with Crippen molar-refractivity contribution in [3.8, 4) is 0 Å². The van der Waals surface area contributed by atoms with Crippen molar-refractivity contribution in [3.63, 3.8) is 0 Å². The number of nitrogens with zero attached hydrogens (tertiary/aromatic N) is 3. The van der Waals surface area contributed by atoms with Gasteiger partial charge in [-0.2, -0.15) is 0 Å². The summed E-state index contributed by atoms with van der Waals surface area (Å²) in [6, 6.07) is 5.45. The summed E-state index contributed by atoms with van der Waals surface area (Å²) in [7, 11) is 0. The quantitative estimate of drug-likeness (QED) is 0.927. The first-order valence-electron chi connectivity index (χ1n) is 8.24. The molecule has 2 aromatic heterocycles. The third-order valence-corrected chi connectivity index (χ3v) is 4.80. The number of hydrogen-bond donors (Lipinski definition) is 1. The summed E-state index contributed by atoms with van der Waals surface area (Å²) in [5.74, 6) is 0.993. The molecule has 126 valence electrons. The highest BCUT2D eigenvalue weighted by Gasteiger charge is 2.43. The number of ether oxygens (including phenoxy) is 1. The van der Waals surface area contributed by atoms with Gasteiger partial charge in [0.25, 0.3) is 5.91 Å². The van der Waals surface area contributed by atoms with E-state index in [1.807, 2.05) is 4.90 Å². The minimum atomic E-state index is -0.146. The van der Waals surface area contributed by atoms with Crippen LogP contribution in [0.3, 0.4) is 0 Å². The molecule has 0 saturated carbocycles. The molecule has 1 unspecified atom stereocenters. The second-order valence-corrected chi connectivity index (χ2v) is 6.38. The van der Waals surface area contributed by atoms with Crippen LogP contribution >= 0.6 is 0 Å². The second kappa shape index (κ2) is 6.24. The number of nitrogens with one attached hydrogen (secondary N) is 1. The standard InChI is InChI=1S/C17H20N4O3/c22-15(14-3-1-10-23-14)21-8-4-17(5-9-21)11-13(12-24-17)20-16-18-6-2-7-19-16/h1-3,6-7,10,13H,4-5,8-9,11-12H2,(H,18,19,20). The van der Waals surface area contributed by atoms with Gasteiger partial charge in [-0.15, -0.1) is 0 Å².